The largest absolute Gasteiger partial charge is 0.497 e. The van der Waals surface area contributed by atoms with Crippen molar-refractivity contribution in [2.45, 2.75) is 38.0 Å². The second-order valence-corrected chi connectivity index (χ2v) is 9.29. The molecule has 2 aromatic carbocycles. The summed E-state index contributed by atoms with van der Waals surface area (Å²) in [6, 6.07) is 12.0. The highest BCUT2D eigenvalue weighted by atomic mass is 16.5. The molecular weight excluding hydrogens is 426 g/mol. The summed E-state index contributed by atoms with van der Waals surface area (Å²) in [5.41, 5.74) is 5.56. The van der Waals surface area contributed by atoms with Crippen LogP contribution in [0.3, 0.4) is 0 Å². The number of rotatable bonds is 8. The molecule has 0 aliphatic carbocycles. The van der Waals surface area contributed by atoms with Gasteiger partial charge in [-0.05, 0) is 105 Å². The number of hydrogen-bond acceptors (Lipinski definition) is 4. The fourth-order valence-corrected chi connectivity index (χ4v) is 5.33. The quantitative estimate of drug-likeness (QED) is 0.264. The number of H-pyrrole nitrogens is 2. The molecule has 5 rings (SSSR count). The average Bonchev–Trinajstić information content (AvgIpc) is 3.49. The van der Waals surface area contributed by atoms with Crippen molar-refractivity contribution in [3.8, 4) is 5.75 Å². The van der Waals surface area contributed by atoms with Crippen molar-refractivity contribution in [1.82, 2.24) is 14.9 Å². The van der Waals surface area contributed by atoms with Gasteiger partial charge in [0.05, 0.1) is 19.8 Å². The SMILES string of the molecule is COC(=O)c1ccc2[nH]cc(CCCCN3CCC(c4c[nH]c5ccc(OC)cc45)CC3)c2c1. The van der Waals surface area contributed by atoms with Crippen molar-refractivity contribution >= 4 is 27.8 Å². The number of benzene rings is 2. The molecule has 3 heterocycles. The van der Waals surface area contributed by atoms with E-state index in [9.17, 15) is 4.79 Å². The highest BCUT2D eigenvalue weighted by molar-refractivity contribution is 5.95. The fraction of sp³-hybridized carbons (Fsp3) is 0.393. The molecule has 0 unspecified atom stereocenters. The summed E-state index contributed by atoms with van der Waals surface area (Å²) < 4.78 is 10.3. The molecular formula is C28H33N3O3. The van der Waals surface area contributed by atoms with Gasteiger partial charge in [0, 0.05) is 34.2 Å². The highest BCUT2D eigenvalue weighted by Crippen LogP contribution is 2.34. The minimum atomic E-state index is -0.288. The van der Waals surface area contributed by atoms with Crippen LogP contribution >= 0.6 is 0 Å². The first-order valence-corrected chi connectivity index (χ1v) is 12.2. The van der Waals surface area contributed by atoms with Crippen LogP contribution in [0.15, 0.2) is 48.8 Å². The van der Waals surface area contributed by atoms with E-state index in [1.165, 1.54) is 48.4 Å². The number of aromatic nitrogens is 2. The monoisotopic (exact) mass is 459 g/mol. The number of nitrogens with zero attached hydrogens (tertiary/aromatic N) is 1. The summed E-state index contributed by atoms with van der Waals surface area (Å²) in [6.07, 6.45) is 9.99. The van der Waals surface area contributed by atoms with Crippen molar-refractivity contribution in [3.05, 3.63) is 65.5 Å². The van der Waals surface area contributed by atoms with Crippen LogP contribution in [0.25, 0.3) is 21.8 Å². The van der Waals surface area contributed by atoms with Crippen LogP contribution in [0.2, 0.25) is 0 Å². The molecule has 0 amide bonds. The zero-order valence-electron chi connectivity index (χ0n) is 20.0. The van der Waals surface area contributed by atoms with E-state index in [2.05, 4.69) is 39.4 Å². The van der Waals surface area contributed by atoms with E-state index < -0.39 is 0 Å². The Hall–Kier alpha value is -3.25. The maximum absolute atomic E-state index is 11.9. The van der Waals surface area contributed by atoms with Crippen molar-refractivity contribution in [1.29, 1.82) is 0 Å². The van der Waals surface area contributed by atoms with E-state index in [-0.39, 0.29) is 5.97 Å². The highest BCUT2D eigenvalue weighted by Gasteiger charge is 2.22. The summed E-state index contributed by atoms with van der Waals surface area (Å²) in [6.45, 7) is 3.44. The third-order valence-electron chi connectivity index (χ3n) is 7.31. The van der Waals surface area contributed by atoms with Gasteiger partial charge in [0.25, 0.3) is 0 Å². The number of esters is 1. The molecule has 0 saturated carbocycles. The zero-order valence-corrected chi connectivity index (χ0v) is 20.0. The van der Waals surface area contributed by atoms with Gasteiger partial charge in [0.15, 0.2) is 0 Å². The second-order valence-electron chi connectivity index (χ2n) is 9.29. The van der Waals surface area contributed by atoms with Gasteiger partial charge in [0.2, 0.25) is 0 Å². The lowest BCUT2D eigenvalue weighted by Gasteiger charge is -2.32. The Kier molecular flexibility index (Phi) is 6.59. The van der Waals surface area contributed by atoms with E-state index >= 15 is 0 Å². The zero-order chi connectivity index (χ0) is 23.5. The van der Waals surface area contributed by atoms with E-state index in [0.29, 0.717) is 11.5 Å². The number of carbonyl (C=O) groups is 1. The normalized spacial score (nSPS) is 15.2. The molecule has 178 valence electrons. The molecule has 0 atom stereocenters. The van der Waals surface area contributed by atoms with Crippen LogP contribution in [0.4, 0.5) is 0 Å². The molecule has 6 nitrogen and oxygen atoms in total. The summed E-state index contributed by atoms with van der Waals surface area (Å²) in [5.74, 6) is 1.24. The molecule has 0 spiro atoms. The van der Waals surface area contributed by atoms with Crippen molar-refractivity contribution in [2.24, 2.45) is 0 Å². The minimum absolute atomic E-state index is 0.288. The smallest absolute Gasteiger partial charge is 0.337 e. The molecule has 2 N–H and O–H groups in total. The van der Waals surface area contributed by atoms with Crippen LogP contribution < -0.4 is 4.74 Å². The minimum Gasteiger partial charge on any atom is -0.497 e. The lowest BCUT2D eigenvalue weighted by molar-refractivity contribution is 0.0601. The number of likely N-dealkylation sites (tertiary alicyclic amines) is 1. The lowest BCUT2D eigenvalue weighted by atomic mass is 9.89. The van der Waals surface area contributed by atoms with E-state index in [0.717, 1.165) is 49.1 Å². The molecule has 4 aromatic rings. The van der Waals surface area contributed by atoms with Gasteiger partial charge in [-0.1, -0.05) is 0 Å². The molecule has 0 radical (unpaired) electrons. The van der Waals surface area contributed by atoms with E-state index in [4.69, 9.17) is 9.47 Å². The number of nitrogens with one attached hydrogen (secondary N) is 2. The molecule has 0 bridgehead atoms. The first kappa shape index (κ1) is 22.5. The van der Waals surface area contributed by atoms with Crippen molar-refractivity contribution in [2.75, 3.05) is 33.9 Å². The number of unbranched alkanes of at least 4 members (excludes halogenated alkanes) is 1. The van der Waals surface area contributed by atoms with Crippen molar-refractivity contribution in [3.63, 3.8) is 0 Å². The van der Waals surface area contributed by atoms with Crippen LogP contribution in [-0.4, -0.2) is 54.7 Å². The molecule has 1 aliphatic heterocycles. The van der Waals surface area contributed by atoms with Crippen LogP contribution in [0, 0.1) is 0 Å². The van der Waals surface area contributed by atoms with Gasteiger partial charge in [-0.25, -0.2) is 4.79 Å². The van der Waals surface area contributed by atoms with E-state index in [1.54, 1.807) is 7.11 Å². The fourth-order valence-electron chi connectivity index (χ4n) is 5.33. The first-order valence-electron chi connectivity index (χ1n) is 12.2. The molecule has 2 aromatic heterocycles. The van der Waals surface area contributed by atoms with Gasteiger partial charge in [-0.15, -0.1) is 0 Å². The topological polar surface area (TPSA) is 70.4 Å². The Morgan fingerprint density at radius 1 is 0.971 bits per heavy atom. The number of ether oxygens (including phenoxy) is 2. The van der Waals surface area contributed by atoms with Crippen molar-refractivity contribution < 1.29 is 14.3 Å². The standard InChI is InChI=1S/C28H33N3O3/c1-33-22-7-9-27-24(16-22)25(18-30-27)19-10-13-31(14-11-19)12-4-3-5-21-17-29-26-8-6-20(15-23(21)26)28(32)34-2/h6-9,15-19,29-30H,3-5,10-14H2,1-2H3. The first-order chi connectivity index (χ1) is 16.7. The Balaban J connectivity index is 1.12. The number of methoxy groups -OCH3 is 2. The third-order valence-corrected chi connectivity index (χ3v) is 7.31. The molecule has 1 fully saturated rings. The Morgan fingerprint density at radius 3 is 2.53 bits per heavy atom. The number of fused-ring (bicyclic) bond motifs is 2. The molecule has 6 heteroatoms. The third kappa shape index (κ3) is 4.55. The number of piperidine rings is 1. The molecule has 1 saturated heterocycles. The number of aromatic amines is 2. The van der Waals surface area contributed by atoms with E-state index in [1.807, 2.05) is 24.3 Å². The second kappa shape index (κ2) is 9.94. The van der Waals surface area contributed by atoms with Crippen LogP contribution in [-0.2, 0) is 11.2 Å². The molecule has 1 aliphatic rings. The maximum Gasteiger partial charge on any atom is 0.337 e. The van der Waals surface area contributed by atoms with Crippen LogP contribution in [0.5, 0.6) is 5.75 Å². The Labute approximate surface area is 200 Å². The van der Waals surface area contributed by atoms with Gasteiger partial charge < -0.3 is 24.3 Å². The van der Waals surface area contributed by atoms with Gasteiger partial charge in [-0.3, -0.25) is 0 Å². The van der Waals surface area contributed by atoms with Gasteiger partial charge in [0.1, 0.15) is 5.75 Å². The predicted molar refractivity (Wildman–Crippen MR) is 136 cm³/mol. The average molecular weight is 460 g/mol. The van der Waals surface area contributed by atoms with Gasteiger partial charge >= 0.3 is 5.97 Å². The summed E-state index contributed by atoms with van der Waals surface area (Å²) >= 11 is 0. The summed E-state index contributed by atoms with van der Waals surface area (Å²) in [5, 5.41) is 2.42. The Morgan fingerprint density at radius 2 is 1.74 bits per heavy atom. The summed E-state index contributed by atoms with van der Waals surface area (Å²) in [7, 11) is 3.15. The lowest BCUT2D eigenvalue weighted by Crippen LogP contribution is -2.33. The van der Waals surface area contributed by atoms with Gasteiger partial charge in [-0.2, -0.15) is 0 Å². The number of aryl methyl sites for hydroxylation is 1. The summed E-state index contributed by atoms with van der Waals surface area (Å²) in [4.78, 5) is 21.2. The predicted octanol–water partition coefficient (Wildman–Crippen LogP) is 5.65. The number of carbonyl (C=O) groups excluding carboxylic acids is 1. The van der Waals surface area contributed by atoms with Crippen LogP contribution in [0.1, 0.15) is 53.1 Å². The maximum atomic E-state index is 11.9. The Bertz CT molecular complexity index is 1280. The molecule has 34 heavy (non-hydrogen) atoms. The number of hydrogen-bond donors (Lipinski definition) is 2.